The van der Waals surface area contributed by atoms with Crippen LogP contribution < -0.4 is 0 Å². The molecule has 0 saturated carbocycles. The zero-order valence-electron chi connectivity index (χ0n) is 14.4. The lowest BCUT2D eigenvalue weighted by Gasteiger charge is -2.39. The van der Waals surface area contributed by atoms with Crippen LogP contribution in [0.5, 0.6) is 0 Å². The molecule has 1 aliphatic rings. The number of hydrogen-bond donors (Lipinski definition) is 0. The van der Waals surface area contributed by atoms with Crippen molar-refractivity contribution in [2.24, 2.45) is 0 Å². The van der Waals surface area contributed by atoms with Gasteiger partial charge in [0.25, 0.3) is 5.91 Å². The topological polar surface area (TPSA) is 36.4 Å². The first-order valence-corrected chi connectivity index (χ1v) is 8.64. The minimum Gasteiger partial charge on any atom is -0.339 e. The molecule has 1 atom stereocenters. The molecular formula is C20H25N3O. The number of aromatic nitrogens is 1. The van der Waals surface area contributed by atoms with E-state index in [0.717, 1.165) is 37.2 Å². The Kier molecular flexibility index (Phi) is 5.26. The highest BCUT2D eigenvalue weighted by Gasteiger charge is 2.28. The quantitative estimate of drug-likeness (QED) is 0.865. The molecule has 0 N–H and O–H groups in total. The molecule has 1 aromatic carbocycles. The van der Waals surface area contributed by atoms with Crippen molar-refractivity contribution >= 4 is 5.91 Å². The summed E-state index contributed by atoms with van der Waals surface area (Å²) in [6.45, 7) is 3.83. The number of amides is 1. The van der Waals surface area contributed by atoms with Crippen LogP contribution in [0.4, 0.5) is 0 Å². The SMILES string of the molecule is CC(c1ccccn1)N(C)C1CCN(C(=O)c2ccccc2)CC1. The number of carbonyl (C=O) groups is 1. The normalized spacial score (nSPS) is 17.0. The van der Waals surface area contributed by atoms with E-state index in [9.17, 15) is 4.79 Å². The van der Waals surface area contributed by atoms with E-state index in [1.54, 1.807) is 0 Å². The third kappa shape index (κ3) is 3.65. The minimum atomic E-state index is 0.148. The summed E-state index contributed by atoms with van der Waals surface area (Å²) in [4.78, 5) is 21.4. The average molecular weight is 323 g/mol. The molecule has 1 saturated heterocycles. The second-order valence-corrected chi connectivity index (χ2v) is 6.49. The Morgan fingerprint density at radius 1 is 1.12 bits per heavy atom. The fourth-order valence-electron chi connectivity index (χ4n) is 3.39. The Bertz CT molecular complexity index is 651. The highest BCUT2D eigenvalue weighted by atomic mass is 16.2. The van der Waals surface area contributed by atoms with E-state index in [1.165, 1.54) is 0 Å². The number of pyridine rings is 1. The molecule has 1 amide bonds. The van der Waals surface area contributed by atoms with Crippen molar-refractivity contribution in [1.82, 2.24) is 14.8 Å². The van der Waals surface area contributed by atoms with Crippen LogP contribution in [-0.2, 0) is 0 Å². The Morgan fingerprint density at radius 2 is 1.79 bits per heavy atom. The molecule has 1 aliphatic heterocycles. The summed E-state index contributed by atoms with van der Waals surface area (Å²) in [6.07, 6.45) is 3.86. The molecule has 4 heteroatoms. The van der Waals surface area contributed by atoms with Crippen LogP contribution >= 0.6 is 0 Å². The second kappa shape index (κ2) is 7.58. The van der Waals surface area contributed by atoms with Gasteiger partial charge in [-0.1, -0.05) is 24.3 Å². The first kappa shape index (κ1) is 16.7. The van der Waals surface area contributed by atoms with Crippen molar-refractivity contribution in [3.8, 4) is 0 Å². The maximum absolute atomic E-state index is 12.5. The maximum Gasteiger partial charge on any atom is 0.253 e. The van der Waals surface area contributed by atoms with Crippen molar-refractivity contribution in [1.29, 1.82) is 0 Å². The van der Waals surface area contributed by atoms with Gasteiger partial charge in [0.15, 0.2) is 0 Å². The lowest BCUT2D eigenvalue weighted by molar-refractivity contribution is 0.0604. The van der Waals surface area contributed by atoms with Crippen molar-refractivity contribution in [2.75, 3.05) is 20.1 Å². The Morgan fingerprint density at radius 3 is 2.42 bits per heavy atom. The van der Waals surface area contributed by atoms with Gasteiger partial charge in [0.2, 0.25) is 0 Å². The molecule has 0 bridgehead atoms. The third-order valence-corrected chi connectivity index (χ3v) is 5.08. The van der Waals surface area contributed by atoms with Crippen LogP contribution in [0.1, 0.15) is 41.9 Å². The molecule has 126 valence electrons. The van der Waals surface area contributed by atoms with E-state index >= 15 is 0 Å². The van der Waals surface area contributed by atoms with Crippen LogP contribution in [0.25, 0.3) is 0 Å². The molecule has 0 radical (unpaired) electrons. The van der Waals surface area contributed by atoms with Gasteiger partial charge in [-0.25, -0.2) is 0 Å². The predicted octanol–water partition coefficient (Wildman–Crippen LogP) is 3.38. The van der Waals surface area contributed by atoms with E-state index in [2.05, 4.69) is 29.9 Å². The van der Waals surface area contributed by atoms with Gasteiger partial charge in [0, 0.05) is 36.9 Å². The Hall–Kier alpha value is -2.20. The highest BCUT2D eigenvalue weighted by molar-refractivity contribution is 5.94. The smallest absolute Gasteiger partial charge is 0.253 e. The van der Waals surface area contributed by atoms with Crippen molar-refractivity contribution < 1.29 is 4.79 Å². The molecule has 1 aromatic heterocycles. The van der Waals surface area contributed by atoms with Gasteiger partial charge < -0.3 is 4.90 Å². The summed E-state index contributed by atoms with van der Waals surface area (Å²) in [7, 11) is 2.17. The first-order valence-electron chi connectivity index (χ1n) is 8.64. The molecule has 1 fully saturated rings. The summed E-state index contributed by atoms with van der Waals surface area (Å²) in [5.41, 5.74) is 1.88. The molecule has 4 nitrogen and oxygen atoms in total. The van der Waals surface area contributed by atoms with Gasteiger partial charge in [-0.2, -0.15) is 0 Å². The number of nitrogens with zero attached hydrogens (tertiary/aromatic N) is 3. The fourth-order valence-corrected chi connectivity index (χ4v) is 3.39. The maximum atomic E-state index is 12.5. The van der Waals surface area contributed by atoms with Gasteiger partial charge in [-0.05, 0) is 51.1 Å². The standard InChI is InChI=1S/C20H25N3O/c1-16(19-10-6-7-13-21-19)22(2)18-11-14-23(15-12-18)20(24)17-8-4-3-5-9-17/h3-10,13,16,18H,11-12,14-15H2,1-2H3. The predicted molar refractivity (Wildman–Crippen MR) is 95.8 cm³/mol. The summed E-state index contributed by atoms with van der Waals surface area (Å²) in [6, 6.07) is 16.4. The number of rotatable bonds is 4. The monoisotopic (exact) mass is 323 g/mol. The molecular weight excluding hydrogens is 298 g/mol. The molecule has 24 heavy (non-hydrogen) atoms. The summed E-state index contributed by atoms with van der Waals surface area (Å²) >= 11 is 0. The van der Waals surface area contributed by atoms with Gasteiger partial charge in [-0.15, -0.1) is 0 Å². The molecule has 3 rings (SSSR count). The van der Waals surface area contributed by atoms with Crippen LogP contribution in [0.3, 0.4) is 0 Å². The zero-order chi connectivity index (χ0) is 16.9. The van der Waals surface area contributed by atoms with Crippen molar-refractivity contribution in [3.05, 3.63) is 66.0 Å². The largest absolute Gasteiger partial charge is 0.339 e. The van der Waals surface area contributed by atoms with Gasteiger partial charge >= 0.3 is 0 Å². The van der Waals surface area contributed by atoms with Crippen molar-refractivity contribution in [2.45, 2.75) is 31.8 Å². The molecule has 2 aromatic rings. The zero-order valence-corrected chi connectivity index (χ0v) is 14.4. The fraction of sp³-hybridized carbons (Fsp3) is 0.400. The van der Waals surface area contributed by atoms with Gasteiger partial charge in [0.05, 0.1) is 5.69 Å². The van der Waals surface area contributed by atoms with Gasteiger partial charge in [0.1, 0.15) is 0 Å². The summed E-state index contributed by atoms with van der Waals surface area (Å²) in [5.74, 6) is 0.148. The van der Waals surface area contributed by atoms with E-state index in [0.29, 0.717) is 6.04 Å². The van der Waals surface area contributed by atoms with E-state index < -0.39 is 0 Å². The van der Waals surface area contributed by atoms with E-state index in [4.69, 9.17) is 0 Å². The van der Waals surface area contributed by atoms with Crippen LogP contribution in [-0.4, -0.2) is 46.9 Å². The summed E-state index contributed by atoms with van der Waals surface area (Å²) < 4.78 is 0. The minimum absolute atomic E-state index is 0.148. The second-order valence-electron chi connectivity index (χ2n) is 6.49. The summed E-state index contributed by atoms with van der Waals surface area (Å²) in [5, 5.41) is 0. The molecule has 2 heterocycles. The number of hydrogen-bond acceptors (Lipinski definition) is 3. The van der Waals surface area contributed by atoms with Crippen LogP contribution in [0.15, 0.2) is 54.7 Å². The lowest BCUT2D eigenvalue weighted by atomic mass is 10.0. The van der Waals surface area contributed by atoms with Crippen LogP contribution in [0, 0.1) is 0 Å². The van der Waals surface area contributed by atoms with Gasteiger partial charge in [-0.3, -0.25) is 14.7 Å². The van der Waals surface area contributed by atoms with E-state index in [-0.39, 0.29) is 11.9 Å². The molecule has 0 spiro atoms. The average Bonchev–Trinajstić information content (AvgIpc) is 2.68. The van der Waals surface area contributed by atoms with Crippen LogP contribution in [0.2, 0.25) is 0 Å². The number of likely N-dealkylation sites (tertiary alicyclic amines) is 1. The molecule has 1 unspecified atom stereocenters. The first-order chi connectivity index (χ1) is 11.7. The number of benzene rings is 1. The lowest BCUT2D eigenvalue weighted by Crippen LogP contribution is -2.46. The Labute approximate surface area is 144 Å². The third-order valence-electron chi connectivity index (χ3n) is 5.08. The number of piperidine rings is 1. The molecule has 0 aliphatic carbocycles. The number of carbonyl (C=O) groups excluding carboxylic acids is 1. The Balaban J connectivity index is 1.58. The highest BCUT2D eigenvalue weighted by Crippen LogP contribution is 2.25. The van der Waals surface area contributed by atoms with Crippen molar-refractivity contribution in [3.63, 3.8) is 0 Å². The van der Waals surface area contributed by atoms with E-state index in [1.807, 2.05) is 53.6 Å².